The predicted molar refractivity (Wildman–Crippen MR) is 171 cm³/mol. The lowest BCUT2D eigenvalue weighted by Gasteiger charge is -2.18. The van der Waals surface area contributed by atoms with E-state index < -0.39 is 5.97 Å². The minimum atomic E-state index is -1.11. The average Bonchev–Trinajstić information content (AvgIpc) is 3.74. The van der Waals surface area contributed by atoms with Crippen LogP contribution in [0.1, 0.15) is 87.9 Å². The summed E-state index contributed by atoms with van der Waals surface area (Å²) < 4.78 is 5.21. The van der Waals surface area contributed by atoms with Crippen LogP contribution >= 0.6 is 0 Å². The van der Waals surface area contributed by atoms with E-state index >= 15 is 0 Å². The Morgan fingerprint density at radius 2 is 1.31 bits per heavy atom. The minimum absolute atomic E-state index is 0. The maximum absolute atomic E-state index is 10.1. The molecule has 0 unspecified atom stereocenters. The Balaban J connectivity index is 0.000000255. The van der Waals surface area contributed by atoms with E-state index in [1.165, 1.54) is 11.1 Å². The van der Waals surface area contributed by atoms with Crippen LogP contribution in [0.15, 0.2) is 58.2 Å². The van der Waals surface area contributed by atoms with Gasteiger partial charge in [-0.25, -0.2) is 14.8 Å². The average molecular weight is 619 g/mol. The van der Waals surface area contributed by atoms with E-state index in [4.69, 9.17) is 20.6 Å². The molecule has 2 aromatic carbocycles. The van der Waals surface area contributed by atoms with Crippen LogP contribution in [0.4, 0.5) is 0 Å². The highest BCUT2D eigenvalue weighted by atomic mass is 16.5. The van der Waals surface area contributed by atoms with Crippen molar-refractivity contribution in [1.82, 2.24) is 40.5 Å². The fourth-order valence-corrected chi connectivity index (χ4v) is 3.63. The third-order valence-corrected chi connectivity index (χ3v) is 6.17. The smallest absolute Gasteiger partial charge is 0.375 e. The van der Waals surface area contributed by atoms with Crippen LogP contribution in [0.25, 0.3) is 23.1 Å². The number of oxime groups is 1. The van der Waals surface area contributed by atoms with Gasteiger partial charge in [0.2, 0.25) is 11.6 Å². The van der Waals surface area contributed by atoms with E-state index in [1.807, 2.05) is 43.3 Å². The number of nitrogens with two attached hydrogens (primary N) is 1. The number of amidine groups is 1. The number of rotatable bonds is 4. The number of nitrogens with one attached hydrogen (secondary N) is 2. The summed E-state index contributed by atoms with van der Waals surface area (Å²) in [6.07, 6.45) is 0. The molecule has 0 saturated carbocycles. The second-order valence-electron chi connectivity index (χ2n) is 11.9. The number of hydrogen-bond acceptors (Lipinski definition) is 10. The van der Waals surface area contributed by atoms with Gasteiger partial charge in [-0.1, -0.05) is 108 Å². The van der Waals surface area contributed by atoms with Crippen molar-refractivity contribution in [1.29, 1.82) is 0 Å². The molecule has 5 rings (SSSR count). The first-order valence-corrected chi connectivity index (χ1v) is 13.6. The van der Waals surface area contributed by atoms with Gasteiger partial charge >= 0.3 is 5.97 Å². The number of H-pyrrole nitrogens is 2. The quantitative estimate of drug-likeness (QED) is 0.0716. The van der Waals surface area contributed by atoms with E-state index in [-0.39, 0.29) is 29.9 Å². The molecule has 5 aromatic rings. The van der Waals surface area contributed by atoms with Gasteiger partial charge in [-0.2, -0.15) is 4.98 Å². The monoisotopic (exact) mass is 618 g/mol. The Hall–Kier alpha value is -5.40. The zero-order chi connectivity index (χ0) is 32.7. The number of aromatic nitrogens is 8. The van der Waals surface area contributed by atoms with Crippen LogP contribution < -0.4 is 5.73 Å². The lowest BCUT2D eigenvalue weighted by molar-refractivity contribution is 0.0684. The number of aromatic amines is 2. The van der Waals surface area contributed by atoms with E-state index in [1.54, 1.807) is 6.92 Å². The first-order valence-electron chi connectivity index (χ1n) is 13.6. The fraction of sp³-hybridized carbons (Fsp3) is 0.355. The number of carbonyl (C=O) groups is 1. The molecule has 0 radical (unpaired) electrons. The van der Waals surface area contributed by atoms with Crippen molar-refractivity contribution in [3.8, 4) is 23.1 Å². The number of benzene rings is 2. The number of aromatic carboxylic acids is 1. The lowest BCUT2D eigenvalue weighted by Crippen LogP contribution is -2.15. The van der Waals surface area contributed by atoms with Crippen LogP contribution in [0.3, 0.4) is 0 Å². The molecule has 45 heavy (non-hydrogen) atoms. The predicted octanol–water partition coefficient (Wildman–Crippen LogP) is 5.65. The summed E-state index contributed by atoms with van der Waals surface area (Å²) in [7, 11) is 0. The summed E-state index contributed by atoms with van der Waals surface area (Å²) in [6, 6.07) is 15.9. The Kier molecular flexibility index (Phi) is 11.8. The van der Waals surface area contributed by atoms with Crippen LogP contribution in [0, 0.1) is 13.8 Å². The lowest BCUT2D eigenvalue weighted by atomic mass is 9.86. The molecular weight excluding hydrogens is 576 g/mol. The third-order valence-electron chi connectivity index (χ3n) is 6.17. The zero-order valence-corrected chi connectivity index (χ0v) is 26.0. The number of aryl methyl sites for hydroxylation is 2. The molecule has 6 N–H and O–H groups in total. The molecule has 14 nitrogen and oxygen atoms in total. The standard InChI is InChI=1S/C15H17N5O.C11H16N2O.C4H5N3O2.CH4/c1-9-16-13(19-18-9)14-17-12(20-21-14)10-5-7-11(8-6-10)15(2,3)4;1-11(2,3)9-6-4-8(5-7-9)10(12)13-14;1-2-5-3(4(8)9)7-6-2;/h5-8H,1-4H3,(H,16,18,19);4-7,14H,1-3H3,(H2,12,13);1H3,(H,8,9)(H,5,6,7);1H4. The Morgan fingerprint density at radius 3 is 1.71 bits per heavy atom. The maximum atomic E-state index is 10.1. The topological polar surface area (TPSA) is 218 Å². The summed E-state index contributed by atoms with van der Waals surface area (Å²) in [5, 5.41) is 36.2. The minimum Gasteiger partial charge on any atom is -0.475 e. The molecular formula is C31H42N10O4. The second-order valence-corrected chi connectivity index (χ2v) is 11.9. The fourth-order valence-electron chi connectivity index (χ4n) is 3.63. The van der Waals surface area contributed by atoms with Crippen molar-refractivity contribution in [2.45, 2.75) is 73.6 Å². The molecule has 0 amide bonds. The van der Waals surface area contributed by atoms with E-state index in [0.717, 1.165) is 11.1 Å². The Morgan fingerprint density at radius 1 is 0.800 bits per heavy atom. The van der Waals surface area contributed by atoms with Crippen LogP contribution in [0.2, 0.25) is 0 Å². The normalized spacial score (nSPS) is 11.4. The highest BCUT2D eigenvalue weighted by Crippen LogP contribution is 2.26. The SMILES string of the molecule is C.CC(C)(C)c1ccc(C(N)=NO)cc1.Cc1nc(-c2nc(-c3ccc(C(C)(C)C)cc3)no2)n[nH]1.Cc1nc(C(=O)O)n[nH]1. The molecule has 0 saturated heterocycles. The van der Waals surface area contributed by atoms with Crippen molar-refractivity contribution in [2.24, 2.45) is 10.9 Å². The summed E-state index contributed by atoms with van der Waals surface area (Å²) in [5.41, 5.74) is 9.84. The highest BCUT2D eigenvalue weighted by molar-refractivity contribution is 5.97. The van der Waals surface area contributed by atoms with Gasteiger partial charge in [0.15, 0.2) is 5.84 Å². The molecule has 0 aliphatic heterocycles. The first kappa shape index (κ1) is 35.8. The number of hydrogen-bond donors (Lipinski definition) is 5. The van der Waals surface area contributed by atoms with Crippen LogP contribution in [-0.4, -0.2) is 62.6 Å². The molecule has 0 spiro atoms. The first-order chi connectivity index (χ1) is 20.6. The van der Waals surface area contributed by atoms with Gasteiger partial charge in [0.25, 0.3) is 11.7 Å². The largest absolute Gasteiger partial charge is 0.475 e. The maximum Gasteiger partial charge on any atom is 0.375 e. The molecule has 14 heteroatoms. The van der Waals surface area contributed by atoms with Crippen molar-refractivity contribution in [2.75, 3.05) is 0 Å². The molecule has 0 aliphatic rings. The van der Waals surface area contributed by atoms with Crippen molar-refractivity contribution in [3.05, 3.63) is 82.7 Å². The molecule has 3 heterocycles. The number of carboxylic acids is 1. The number of nitrogens with zero attached hydrogens (tertiary/aromatic N) is 7. The third kappa shape index (κ3) is 10.1. The van der Waals surface area contributed by atoms with Gasteiger partial charge in [-0.15, -0.1) is 10.2 Å². The Labute approximate surface area is 262 Å². The summed E-state index contributed by atoms with van der Waals surface area (Å²) in [5.74, 6) is 1.32. The molecule has 0 fully saturated rings. The molecule has 0 atom stereocenters. The van der Waals surface area contributed by atoms with Crippen molar-refractivity contribution < 1.29 is 19.6 Å². The number of carboxylic acid groups (broad SMARTS) is 1. The van der Waals surface area contributed by atoms with E-state index in [0.29, 0.717) is 29.2 Å². The van der Waals surface area contributed by atoms with E-state index in [2.05, 4.69) is 99.3 Å². The van der Waals surface area contributed by atoms with Gasteiger partial charge < -0.3 is 20.6 Å². The van der Waals surface area contributed by atoms with Crippen molar-refractivity contribution in [3.63, 3.8) is 0 Å². The molecule has 0 aliphatic carbocycles. The molecule has 240 valence electrons. The Bertz CT molecular complexity index is 1690. The summed E-state index contributed by atoms with van der Waals surface area (Å²) in [6.45, 7) is 16.4. The molecule has 0 bridgehead atoms. The summed E-state index contributed by atoms with van der Waals surface area (Å²) >= 11 is 0. The second kappa shape index (κ2) is 14.9. The van der Waals surface area contributed by atoms with Crippen LogP contribution in [-0.2, 0) is 10.8 Å². The summed E-state index contributed by atoms with van der Waals surface area (Å²) in [4.78, 5) is 22.1. The zero-order valence-electron chi connectivity index (χ0n) is 26.0. The highest BCUT2D eigenvalue weighted by Gasteiger charge is 2.17. The van der Waals surface area contributed by atoms with Gasteiger partial charge in [0, 0.05) is 11.1 Å². The van der Waals surface area contributed by atoms with Gasteiger partial charge in [0.05, 0.1) is 0 Å². The van der Waals surface area contributed by atoms with Gasteiger partial charge in [0.1, 0.15) is 11.6 Å². The van der Waals surface area contributed by atoms with E-state index in [9.17, 15) is 4.79 Å². The van der Waals surface area contributed by atoms with Gasteiger partial charge in [-0.05, 0) is 35.8 Å². The van der Waals surface area contributed by atoms with Crippen LogP contribution in [0.5, 0.6) is 0 Å². The van der Waals surface area contributed by atoms with Gasteiger partial charge in [-0.3, -0.25) is 10.2 Å². The molecule has 3 aromatic heterocycles. The van der Waals surface area contributed by atoms with Crippen molar-refractivity contribution >= 4 is 11.8 Å².